The van der Waals surface area contributed by atoms with Gasteiger partial charge in [0.15, 0.2) is 11.5 Å². The fraction of sp³-hybridized carbons (Fsp3) is 0.722. The lowest BCUT2D eigenvalue weighted by atomic mass is 9.94. The maximum absolute atomic E-state index is 12.8. The van der Waals surface area contributed by atoms with Crippen molar-refractivity contribution >= 4 is 17.4 Å². The third-order valence-electron chi connectivity index (χ3n) is 5.62. The molecule has 1 amide bonds. The Morgan fingerprint density at radius 3 is 2.69 bits per heavy atom. The molecule has 2 fully saturated rings. The number of nitrogens with one attached hydrogen (secondary N) is 1. The number of aromatic nitrogens is 5. The normalized spacial score (nSPS) is 22.8. The van der Waals surface area contributed by atoms with Crippen LogP contribution in [0.2, 0.25) is 0 Å². The van der Waals surface area contributed by atoms with Gasteiger partial charge in [-0.25, -0.2) is 0 Å². The van der Waals surface area contributed by atoms with Crippen LogP contribution in [0.25, 0.3) is 5.65 Å². The van der Waals surface area contributed by atoms with Crippen LogP contribution in [-0.4, -0.2) is 50.3 Å². The van der Waals surface area contributed by atoms with Crippen molar-refractivity contribution in [2.24, 2.45) is 5.92 Å². The predicted octanol–water partition coefficient (Wildman–Crippen LogP) is 1.96. The predicted molar refractivity (Wildman–Crippen MR) is 97.8 cm³/mol. The third-order valence-corrected chi connectivity index (χ3v) is 5.62. The van der Waals surface area contributed by atoms with Gasteiger partial charge in [0, 0.05) is 19.1 Å². The molecule has 1 saturated carbocycles. The molecule has 2 aromatic heterocycles. The first-order valence-electron chi connectivity index (χ1n) is 9.90. The van der Waals surface area contributed by atoms with E-state index in [1.165, 1.54) is 36.7 Å². The standard InChI is InChI=1S/C18H27N7O/c26-18(19-15-8-4-2-1-3-5-9-15)14-7-6-12-24(13-14)17-11-10-16-20-22-23-25(16)21-17/h10-11,14-15H,1-9,12-13H2,(H,19,26). The quantitative estimate of drug-likeness (QED) is 0.903. The summed E-state index contributed by atoms with van der Waals surface area (Å²) in [5.41, 5.74) is 0.629. The van der Waals surface area contributed by atoms with Crippen LogP contribution in [0.3, 0.4) is 0 Å². The second kappa shape index (κ2) is 7.97. The van der Waals surface area contributed by atoms with Crippen LogP contribution in [0.5, 0.6) is 0 Å². The van der Waals surface area contributed by atoms with Gasteiger partial charge in [0.25, 0.3) is 0 Å². The molecule has 1 aliphatic heterocycles. The Balaban J connectivity index is 1.38. The molecular formula is C18H27N7O. The van der Waals surface area contributed by atoms with E-state index < -0.39 is 0 Å². The van der Waals surface area contributed by atoms with E-state index in [0.29, 0.717) is 18.2 Å². The molecule has 8 heteroatoms. The summed E-state index contributed by atoms with van der Waals surface area (Å²) < 4.78 is 1.44. The summed E-state index contributed by atoms with van der Waals surface area (Å²) in [6, 6.07) is 4.15. The number of nitrogens with zero attached hydrogens (tertiary/aromatic N) is 6. The van der Waals surface area contributed by atoms with Crippen molar-refractivity contribution < 1.29 is 4.79 Å². The van der Waals surface area contributed by atoms with E-state index in [1.54, 1.807) is 0 Å². The van der Waals surface area contributed by atoms with Crippen molar-refractivity contribution in [3.05, 3.63) is 12.1 Å². The number of anilines is 1. The first kappa shape index (κ1) is 17.2. The van der Waals surface area contributed by atoms with E-state index in [2.05, 4.69) is 30.8 Å². The molecule has 26 heavy (non-hydrogen) atoms. The summed E-state index contributed by atoms with van der Waals surface area (Å²) in [6.07, 6.45) is 10.6. The van der Waals surface area contributed by atoms with Crippen LogP contribution in [0.1, 0.15) is 57.8 Å². The first-order chi connectivity index (χ1) is 12.8. The Morgan fingerprint density at radius 2 is 1.85 bits per heavy atom. The van der Waals surface area contributed by atoms with Gasteiger partial charge in [-0.15, -0.1) is 14.8 Å². The molecule has 0 bridgehead atoms. The molecule has 1 saturated heterocycles. The minimum atomic E-state index is 0.0283. The average molecular weight is 357 g/mol. The molecule has 1 aliphatic carbocycles. The van der Waals surface area contributed by atoms with Crippen molar-refractivity contribution in [3.63, 3.8) is 0 Å². The van der Waals surface area contributed by atoms with Crippen LogP contribution in [0.15, 0.2) is 12.1 Å². The summed E-state index contributed by atoms with van der Waals surface area (Å²) in [5, 5.41) is 19.2. The number of piperidine rings is 1. The van der Waals surface area contributed by atoms with E-state index >= 15 is 0 Å². The second-order valence-corrected chi connectivity index (χ2v) is 7.55. The fourth-order valence-electron chi connectivity index (χ4n) is 4.13. The summed E-state index contributed by atoms with van der Waals surface area (Å²) in [5.74, 6) is 1.07. The zero-order valence-corrected chi connectivity index (χ0v) is 15.2. The monoisotopic (exact) mass is 357 g/mol. The maximum Gasteiger partial charge on any atom is 0.225 e. The fourth-order valence-corrected chi connectivity index (χ4v) is 4.13. The Bertz CT molecular complexity index is 738. The van der Waals surface area contributed by atoms with E-state index in [0.717, 1.165) is 38.0 Å². The summed E-state index contributed by atoms with van der Waals surface area (Å²) in [6.45, 7) is 1.62. The molecule has 1 N–H and O–H groups in total. The van der Waals surface area contributed by atoms with Gasteiger partial charge in [0.2, 0.25) is 5.91 Å². The lowest BCUT2D eigenvalue weighted by molar-refractivity contribution is -0.126. The SMILES string of the molecule is O=C(NC1CCCCCCC1)C1CCCN(c2ccc3nnnn3n2)C1. The summed E-state index contributed by atoms with van der Waals surface area (Å²) in [4.78, 5) is 15.0. The number of hydrogen-bond acceptors (Lipinski definition) is 6. The zero-order valence-electron chi connectivity index (χ0n) is 15.2. The van der Waals surface area contributed by atoms with Gasteiger partial charge < -0.3 is 10.2 Å². The molecule has 0 aromatic carbocycles. The lowest BCUT2D eigenvalue weighted by Gasteiger charge is -2.33. The van der Waals surface area contributed by atoms with E-state index in [4.69, 9.17) is 0 Å². The minimum Gasteiger partial charge on any atom is -0.354 e. The molecule has 1 unspecified atom stereocenters. The number of fused-ring (bicyclic) bond motifs is 1. The number of carbonyl (C=O) groups excluding carboxylic acids is 1. The minimum absolute atomic E-state index is 0.0283. The van der Waals surface area contributed by atoms with E-state index in [1.807, 2.05) is 12.1 Å². The van der Waals surface area contributed by atoms with Gasteiger partial charge in [-0.3, -0.25) is 4.79 Å². The molecule has 3 heterocycles. The van der Waals surface area contributed by atoms with Gasteiger partial charge in [0.05, 0.1) is 5.92 Å². The largest absolute Gasteiger partial charge is 0.354 e. The van der Waals surface area contributed by atoms with Crippen LogP contribution in [0, 0.1) is 5.92 Å². The van der Waals surface area contributed by atoms with E-state index in [9.17, 15) is 4.79 Å². The van der Waals surface area contributed by atoms with Gasteiger partial charge in [-0.2, -0.15) is 0 Å². The maximum atomic E-state index is 12.8. The highest BCUT2D eigenvalue weighted by atomic mass is 16.2. The van der Waals surface area contributed by atoms with Crippen molar-refractivity contribution in [1.82, 2.24) is 30.6 Å². The highest BCUT2D eigenvalue weighted by Crippen LogP contribution is 2.23. The second-order valence-electron chi connectivity index (χ2n) is 7.55. The molecule has 4 rings (SSSR count). The molecule has 8 nitrogen and oxygen atoms in total. The number of tetrazole rings is 1. The van der Waals surface area contributed by atoms with E-state index in [-0.39, 0.29) is 11.8 Å². The Labute approximate surface area is 153 Å². The van der Waals surface area contributed by atoms with Crippen molar-refractivity contribution in [1.29, 1.82) is 0 Å². The smallest absolute Gasteiger partial charge is 0.225 e. The first-order valence-corrected chi connectivity index (χ1v) is 9.90. The number of hydrogen-bond donors (Lipinski definition) is 1. The van der Waals surface area contributed by atoms with Gasteiger partial charge in [-0.05, 0) is 48.2 Å². The van der Waals surface area contributed by atoms with Gasteiger partial charge in [0.1, 0.15) is 0 Å². The topological polar surface area (TPSA) is 88.3 Å². The van der Waals surface area contributed by atoms with Crippen molar-refractivity contribution in [2.45, 2.75) is 63.8 Å². The summed E-state index contributed by atoms with van der Waals surface area (Å²) >= 11 is 0. The molecule has 2 aliphatic rings. The molecule has 0 spiro atoms. The number of rotatable bonds is 3. The molecule has 0 radical (unpaired) electrons. The van der Waals surface area contributed by atoms with Crippen LogP contribution in [0.4, 0.5) is 5.82 Å². The Kier molecular flexibility index (Phi) is 5.26. The number of amides is 1. The zero-order chi connectivity index (χ0) is 17.8. The summed E-state index contributed by atoms with van der Waals surface area (Å²) in [7, 11) is 0. The van der Waals surface area contributed by atoms with Crippen LogP contribution < -0.4 is 10.2 Å². The Hall–Kier alpha value is -2.25. The van der Waals surface area contributed by atoms with Crippen molar-refractivity contribution in [2.75, 3.05) is 18.0 Å². The van der Waals surface area contributed by atoms with Crippen LogP contribution >= 0.6 is 0 Å². The molecular weight excluding hydrogens is 330 g/mol. The Morgan fingerprint density at radius 1 is 1.04 bits per heavy atom. The van der Waals surface area contributed by atoms with Gasteiger partial charge >= 0.3 is 0 Å². The lowest BCUT2D eigenvalue weighted by Crippen LogP contribution is -2.46. The number of carbonyl (C=O) groups is 1. The van der Waals surface area contributed by atoms with Crippen molar-refractivity contribution in [3.8, 4) is 0 Å². The molecule has 2 aromatic rings. The molecule has 140 valence electrons. The molecule has 1 atom stereocenters. The van der Waals surface area contributed by atoms with Crippen LogP contribution in [-0.2, 0) is 4.79 Å². The third kappa shape index (κ3) is 3.94. The highest BCUT2D eigenvalue weighted by Gasteiger charge is 2.28. The average Bonchev–Trinajstić information content (AvgIpc) is 3.11. The highest BCUT2D eigenvalue weighted by molar-refractivity contribution is 5.79. The van der Waals surface area contributed by atoms with Gasteiger partial charge in [-0.1, -0.05) is 32.1 Å².